The van der Waals surface area contributed by atoms with Gasteiger partial charge in [0.25, 0.3) is 0 Å². The molecular weight excluding hydrogens is 321 g/mol. The van der Waals surface area contributed by atoms with Gasteiger partial charge in [0.15, 0.2) is 0 Å². The lowest BCUT2D eigenvalue weighted by atomic mass is 9.99. The number of hydrogen-bond acceptors (Lipinski definition) is 4. The molecule has 1 fully saturated rings. The van der Waals surface area contributed by atoms with Crippen molar-refractivity contribution in [3.05, 3.63) is 35.6 Å². The molecule has 1 amide bonds. The molecule has 6 nitrogen and oxygen atoms in total. The fourth-order valence-corrected chi connectivity index (χ4v) is 3.62. The molecule has 1 aliphatic heterocycles. The van der Waals surface area contributed by atoms with E-state index >= 15 is 0 Å². The van der Waals surface area contributed by atoms with Gasteiger partial charge in [-0.05, 0) is 37.5 Å². The number of nitrogens with zero attached hydrogens (tertiary/aromatic N) is 2. The Kier molecular flexibility index (Phi) is 5.84. The fraction of sp³-hybridized carbons (Fsp3) is 0.467. The summed E-state index contributed by atoms with van der Waals surface area (Å²) < 4.78 is 38.1. The lowest BCUT2D eigenvalue weighted by Crippen LogP contribution is -2.45. The van der Waals surface area contributed by atoms with E-state index in [1.165, 1.54) is 22.7 Å². The maximum absolute atomic E-state index is 13.0. The van der Waals surface area contributed by atoms with E-state index in [1.807, 2.05) is 0 Å². The molecule has 0 saturated carbocycles. The monoisotopic (exact) mass is 341 g/mol. The number of hydrogen-bond donors (Lipinski definition) is 1. The standard InChI is InChI=1S/C15H20FN3O3S/c1-2-23(21,22)19-8-4-6-13(11-19)15(20)18-17-10-12-5-3-7-14(16)9-12/h3,5,7,9-10,13H,2,4,6,8,11H2,1H3,(H,18,20). The number of carbonyl (C=O) groups excluding carboxylic acids is 1. The van der Waals surface area contributed by atoms with Crippen LogP contribution in [0, 0.1) is 11.7 Å². The summed E-state index contributed by atoms with van der Waals surface area (Å²) >= 11 is 0. The van der Waals surface area contributed by atoms with E-state index < -0.39 is 15.9 Å². The number of carbonyl (C=O) groups is 1. The van der Waals surface area contributed by atoms with Gasteiger partial charge in [-0.2, -0.15) is 5.10 Å². The number of sulfonamides is 1. The molecule has 0 spiro atoms. The Morgan fingerprint density at radius 3 is 3.00 bits per heavy atom. The summed E-state index contributed by atoms with van der Waals surface area (Å²) in [5, 5.41) is 3.81. The van der Waals surface area contributed by atoms with Gasteiger partial charge in [-0.3, -0.25) is 4.79 Å². The Bertz CT molecular complexity index is 691. The molecule has 1 unspecified atom stereocenters. The Morgan fingerprint density at radius 1 is 1.52 bits per heavy atom. The summed E-state index contributed by atoms with van der Waals surface area (Å²) in [6.07, 6.45) is 2.62. The molecule has 1 N–H and O–H groups in total. The van der Waals surface area contributed by atoms with Crippen molar-refractivity contribution in [3.8, 4) is 0 Å². The smallest absolute Gasteiger partial charge is 0.244 e. The number of hydrazone groups is 1. The minimum absolute atomic E-state index is 0.0268. The molecule has 1 saturated heterocycles. The molecule has 0 aromatic heterocycles. The Balaban J connectivity index is 1.93. The Labute approximate surface area is 135 Å². The first-order chi connectivity index (χ1) is 10.9. The zero-order valence-corrected chi connectivity index (χ0v) is 13.7. The van der Waals surface area contributed by atoms with E-state index in [2.05, 4.69) is 10.5 Å². The Hall–Kier alpha value is -1.80. The summed E-state index contributed by atoms with van der Waals surface area (Å²) in [4.78, 5) is 12.1. The Morgan fingerprint density at radius 2 is 2.30 bits per heavy atom. The topological polar surface area (TPSA) is 78.8 Å². The average Bonchev–Trinajstić information content (AvgIpc) is 2.55. The van der Waals surface area contributed by atoms with Crippen molar-refractivity contribution in [2.24, 2.45) is 11.0 Å². The molecule has 1 heterocycles. The summed E-state index contributed by atoms with van der Waals surface area (Å²) in [5.41, 5.74) is 2.93. The van der Waals surface area contributed by atoms with Crippen molar-refractivity contribution in [3.63, 3.8) is 0 Å². The van der Waals surface area contributed by atoms with Gasteiger partial charge in [0, 0.05) is 13.1 Å². The zero-order chi connectivity index (χ0) is 16.9. The highest BCUT2D eigenvalue weighted by Gasteiger charge is 2.31. The zero-order valence-electron chi connectivity index (χ0n) is 12.9. The van der Waals surface area contributed by atoms with Gasteiger partial charge in [-0.1, -0.05) is 12.1 Å². The third kappa shape index (κ3) is 4.84. The van der Waals surface area contributed by atoms with Gasteiger partial charge in [-0.25, -0.2) is 22.5 Å². The molecule has 8 heteroatoms. The normalized spacial score (nSPS) is 19.8. The molecule has 2 rings (SSSR count). The maximum atomic E-state index is 13.0. The third-order valence-corrected chi connectivity index (χ3v) is 5.60. The third-order valence-electron chi connectivity index (χ3n) is 3.75. The van der Waals surface area contributed by atoms with Crippen molar-refractivity contribution >= 4 is 22.1 Å². The van der Waals surface area contributed by atoms with Crippen LogP contribution >= 0.6 is 0 Å². The molecule has 1 aromatic carbocycles. The van der Waals surface area contributed by atoms with E-state index in [0.717, 1.165) is 0 Å². The van der Waals surface area contributed by atoms with Crippen LogP contribution in [-0.4, -0.2) is 43.7 Å². The maximum Gasteiger partial charge on any atom is 0.244 e. The highest BCUT2D eigenvalue weighted by molar-refractivity contribution is 7.89. The fourth-order valence-electron chi connectivity index (χ4n) is 2.44. The number of amides is 1. The first-order valence-electron chi connectivity index (χ1n) is 7.48. The van der Waals surface area contributed by atoms with E-state index in [1.54, 1.807) is 19.1 Å². The molecule has 23 heavy (non-hydrogen) atoms. The van der Waals surface area contributed by atoms with Crippen molar-refractivity contribution < 1.29 is 17.6 Å². The van der Waals surface area contributed by atoms with Gasteiger partial charge in [-0.15, -0.1) is 0 Å². The molecule has 0 radical (unpaired) electrons. The van der Waals surface area contributed by atoms with Crippen LogP contribution in [0.5, 0.6) is 0 Å². The average molecular weight is 341 g/mol. The second-order valence-electron chi connectivity index (χ2n) is 5.39. The van der Waals surface area contributed by atoms with Crippen LogP contribution in [0.15, 0.2) is 29.4 Å². The molecule has 1 aromatic rings. The van der Waals surface area contributed by atoms with Crippen LogP contribution in [-0.2, 0) is 14.8 Å². The van der Waals surface area contributed by atoms with Gasteiger partial charge < -0.3 is 0 Å². The SMILES string of the molecule is CCS(=O)(=O)N1CCCC(C(=O)NN=Cc2cccc(F)c2)C1. The number of piperidine rings is 1. The highest BCUT2D eigenvalue weighted by atomic mass is 32.2. The van der Waals surface area contributed by atoms with E-state index in [9.17, 15) is 17.6 Å². The van der Waals surface area contributed by atoms with Crippen LogP contribution in [0.25, 0.3) is 0 Å². The van der Waals surface area contributed by atoms with Gasteiger partial charge in [0.05, 0.1) is 17.9 Å². The largest absolute Gasteiger partial charge is 0.273 e. The van der Waals surface area contributed by atoms with E-state index in [-0.39, 0.29) is 24.0 Å². The first kappa shape index (κ1) is 17.6. The molecule has 126 valence electrons. The first-order valence-corrected chi connectivity index (χ1v) is 9.09. The van der Waals surface area contributed by atoms with Gasteiger partial charge in [0.1, 0.15) is 5.82 Å². The summed E-state index contributed by atoms with van der Waals surface area (Å²) in [5.74, 6) is -1.10. The van der Waals surface area contributed by atoms with Gasteiger partial charge in [0.2, 0.25) is 15.9 Å². The predicted octanol–water partition coefficient (Wildman–Crippen LogP) is 1.34. The van der Waals surface area contributed by atoms with E-state index in [4.69, 9.17) is 0 Å². The molecule has 1 aliphatic rings. The van der Waals surface area contributed by atoms with E-state index in [0.29, 0.717) is 24.9 Å². The van der Waals surface area contributed by atoms with Crippen molar-refractivity contribution in [1.29, 1.82) is 0 Å². The quantitative estimate of drug-likeness (QED) is 0.648. The lowest BCUT2D eigenvalue weighted by Gasteiger charge is -2.30. The number of halogens is 1. The van der Waals surface area contributed by atoms with Crippen LogP contribution in [0.2, 0.25) is 0 Å². The summed E-state index contributed by atoms with van der Waals surface area (Å²) in [6, 6.07) is 5.83. The van der Waals surface area contributed by atoms with Crippen molar-refractivity contribution in [2.75, 3.05) is 18.8 Å². The van der Waals surface area contributed by atoms with Crippen molar-refractivity contribution in [1.82, 2.24) is 9.73 Å². The van der Waals surface area contributed by atoms with Gasteiger partial charge >= 0.3 is 0 Å². The minimum atomic E-state index is -3.28. The highest BCUT2D eigenvalue weighted by Crippen LogP contribution is 2.19. The second-order valence-corrected chi connectivity index (χ2v) is 7.64. The van der Waals surface area contributed by atoms with Crippen LogP contribution < -0.4 is 5.43 Å². The van der Waals surface area contributed by atoms with Crippen molar-refractivity contribution in [2.45, 2.75) is 19.8 Å². The van der Waals surface area contributed by atoms with Crippen LogP contribution in [0.1, 0.15) is 25.3 Å². The lowest BCUT2D eigenvalue weighted by molar-refractivity contribution is -0.126. The predicted molar refractivity (Wildman–Crippen MR) is 85.9 cm³/mol. The number of benzene rings is 1. The van der Waals surface area contributed by atoms with Crippen LogP contribution in [0.4, 0.5) is 4.39 Å². The second kappa shape index (κ2) is 7.65. The molecule has 1 atom stereocenters. The minimum Gasteiger partial charge on any atom is -0.273 e. The number of rotatable bonds is 5. The molecule has 0 bridgehead atoms. The summed E-state index contributed by atoms with van der Waals surface area (Å²) in [7, 11) is -3.28. The molecular formula is C15H20FN3O3S. The number of nitrogens with one attached hydrogen (secondary N) is 1. The molecule has 0 aliphatic carbocycles. The van der Waals surface area contributed by atoms with Crippen LogP contribution in [0.3, 0.4) is 0 Å². The summed E-state index contributed by atoms with van der Waals surface area (Å²) in [6.45, 7) is 2.21.